The molecule has 5 atom stereocenters. The van der Waals surface area contributed by atoms with Crippen LogP contribution in [-0.2, 0) is 65.4 Å². The van der Waals surface area contributed by atoms with E-state index in [-0.39, 0.29) is 25.7 Å². The Bertz CT molecular complexity index is 1820. The fraction of sp³-hybridized carbons (Fsp3) is 0.946. The SMILES string of the molecule is CCCCCCCCCCCCCCCCCCCC(=O)O[C@H](COC(=O)CCCCCCCCCCCCCCC(C)C)COP(=O)(O)OC[C@@H](O)COP(=O)(O)OC[C@@H](COC(=O)CCCCCCCCCC(C)C)OC(=O)CCCCCCCCCCC(C)C. The van der Waals surface area contributed by atoms with Crippen molar-refractivity contribution in [1.82, 2.24) is 0 Å². The molecule has 2 unspecified atom stereocenters. The van der Waals surface area contributed by atoms with Crippen molar-refractivity contribution in [1.29, 1.82) is 0 Å². The van der Waals surface area contributed by atoms with Gasteiger partial charge in [0.2, 0.25) is 0 Å². The van der Waals surface area contributed by atoms with Crippen molar-refractivity contribution in [2.75, 3.05) is 39.6 Å². The largest absolute Gasteiger partial charge is 0.472 e. The second-order valence-electron chi connectivity index (χ2n) is 28.1. The topological polar surface area (TPSA) is 237 Å². The number of phosphoric acid groups is 2. The van der Waals surface area contributed by atoms with Gasteiger partial charge in [0.15, 0.2) is 12.2 Å². The molecule has 0 amide bonds. The summed E-state index contributed by atoms with van der Waals surface area (Å²) in [7, 11) is -9.91. The molecule has 0 radical (unpaired) electrons. The second-order valence-corrected chi connectivity index (χ2v) is 31.0. The minimum Gasteiger partial charge on any atom is -0.462 e. The van der Waals surface area contributed by atoms with Crippen LogP contribution < -0.4 is 0 Å². The average Bonchev–Trinajstić information content (AvgIpc) is 1.67. The fourth-order valence-electron chi connectivity index (χ4n) is 11.2. The predicted molar refractivity (Wildman–Crippen MR) is 377 cm³/mol. The van der Waals surface area contributed by atoms with Crippen molar-refractivity contribution in [2.45, 2.75) is 394 Å². The van der Waals surface area contributed by atoms with Gasteiger partial charge in [-0.25, -0.2) is 9.13 Å². The van der Waals surface area contributed by atoms with E-state index in [0.717, 1.165) is 108 Å². The van der Waals surface area contributed by atoms with Gasteiger partial charge in [-0.05, 0) is 43.4 Å². The first-order chi connectivity index (χ1) is 44.7. The van der Waals surface area contributed by atoms with Crippen LogP contribution in [-0.4, -0.2) is 96.7 Å². The molecule has 0 heterocycles. The molecule has 0 rings (SSSR count). The van der Waals surface area contributed by atoms with E-state index in [1.165, 1.54) is 180 Å². The van der Waals surface area contributed by atoms with Crippen molar-refractivity contribution < 1.29 is 80.2 Å². The van der Waals surface area contributed by atoms with Crippen molar-refractivity contribution in [3.8, 4) is 0 Å². The maximum absolute atomic E-state index is 13.1. The number of phosphoric ester groups is 2. The van der Waals surface area contributed by atoms with Gasteiger partial charge >= 0.3 is 39.5 Å². The van der Waals surface area contributed by atoms with E-state index in [4.69, 9.17) is 37.0 Å². The fourth-order valence-corrected chi connectivity index (χ4v) is 12.8. The van der Waals surface area contributed by atoms with Crippen molar-refractivity contribution >= 4 is 39.5 Å². The highest BCUT2D eigenvalue weighted by atomic mass is 31.2. The highest BCUT2D eigenvalue weighted by Gasteiger charge is 2.30. The Balaban J connectivity index is 5.24. The predicted octanol–water partition coefficient (Wildman–Crippen LogP) is 21.4. The minimum absolute atomic E-state index is 0.104. The van der Waals surface area contributed by atoms with Crippen LogP contribution >= 0.6 is 15.6 Å². The smallest absolute Gasteiger partial charge is 0.462 e. The zero-order chi connectivity index (χ0) is 68.7. The van der Waals surface area contributed by atoms with Crippen LogP contribution in [0.5, 0.6) is 0 Å². The summed E-state index contributed by atoms with van der Waals surface area (Å²) in [5, 5.41) is 10.6. The maximum Gasteiger partial charge on any atom is 0.472 e. The third-order valence-electron chi connectivity index (χ3n) is 17.1. The summed E-state index contributed by atoms with van der Waals surface area (Å²) in [5.41, 5.74) is 0. The van der Waals surface area contributed by atoms with Crippen LogP contribution in [0.25, 0.3) is 0 Å². The highest BCUT2D eigenvalue weighted by Crippen LogP contribution is 2.45. The van der Waals surface area contributed by atoms with E-state index in [1.807, 2.05) is 0 Å². The Morgan fingerprint density at radius 3 is 0.731 bits per heavy atom. The van der Waals surface area contributed by atoms with E-state index in [1.54, 1.807) is 0 Å². The molecule has 0 aromatic rings. The Morgan fingerprint density at radius 1 is 0.290 bits per heavy atom. The van der Waals surface area contributed by atoms with Crippen LogP contribution in [0.1, 0.15) is 376 Å². The number of esters is 4. The van der Waals surface area contributed by atoms with E-state index in [0.29, 0.717) is 31.6 Å². The molecule has 552 valence electrons. The normalized spacial score (nSPS) is 14.1. The summed E-state index contributed by atoms with van der Waals surface area (Å²) < 4.78 is 68.4. The molecule has 0 saturated heterocycles. The molecule has 3 N–H and O–H groups in total. The Kier molecular flexibility index (Phi) is 63.4. The third kappa shape index (κ3) is 68.4. The van der Waals surface area contributed by atoms with E-state index < -0.39 is 97.5 Å². The summed E-state index contributed by atoms with van der Waals surface area (Å²) in [4.78, 5) is 72.7. The lowest BCUT2D eigenvalue weighted by Gasteiger charge is -2.21. The third-order valence-corrected chi connectivity index (χ3v) is 19.0. The lowest BCUT2D eigenvalue weighted by Crippen LogP contribution is -2.30. The summed E-state index contributed by atoms with van der Waals surface area (Å²) >= 11 is 0. The molecule has 19 heteroatoms. The first-order valence-corrected chi connectivity index (χ1v) is 41.3. The second kappa shape index (κ2) is 64.7. The van der Waals surface area contributed by atoms with Gasteiger partial charge in [-0.3, -0.25) is 37.3 Å². The molecule has 0 aromatic heterocycles. The molecule has 0 aliphatic rings. The van der Waals surface area contributed by atoms with Crippen molar-refractivity contribution in [3.05, 3.63) is 0 Å². The molecule has 0 aliphatic heterocycles. The monoisotopic (exact) mass is 1370 g/mol. The van der Waals surface area contributed by atoms with E-state index in [2.05, 4.69) is 48.5 Å². The molecule has 0 saturated carbocycles. The minimum atomic E-state index is -4.96. The number of carbonyl (C=O) groups is 4. The van der Waals surface area contributed by atoms with Gasteiger partial charge in [0.05, 0.1) is 26.4 Å². The lowest BCUT2D eigenvalue weighted by molar-refractivity contribution is -0.161. The number of ether oxygens (including phenoxy) is 4. The van der Waals surface area contributed by atoms with Crippen molar-refractivity contribution in [2.24, 2.45) is 17.8 Å². The molecule has 17 nitrogen and oxygen atoms in total. The number of aliphatic hydroxyl groups excluding tert-OH is 1. The molecule has 0 aromatic carbocycles. The van der Waals surface area contributed by atoms with Gasteiger partial charge in [-0.15, -0.1) is 0 Å². The number of carbonyl (C=O) groups excluding carboxylic acids is 4. The first kappa shape index (κ1) is 91.1. The number of aliphatic hydroxyl groups is 1. The molecular formula is C74H144O17P2. The van der Waals surface area contributed by atoms with Gasteiger partial charge in [0.1, 0.15) is 19.3 Å². The van der Waals surface area contributed by atoms with Gasteiger partial charge in [-0.2, -0.15) is 0 Å². The molecule has 0 fully saturated rings. The number of hydrogen-bond donors (Lipinski definition) is 3. The van der Waals surface area contributed by atoms with Crippen LogP contribution in [0, 0.1) is 17.8 Å². The number of rotatable bonds is 72. The number of hydrogen-bond acceptors (Lipinski definition) is 15. The number of unbranched alkanes of at least 4 members (excludes halogenated alkanes) is 40. The highest BCUT2D eigenvalue weighted by molar-refractivity contribution is 7.47. The molecule has 0 aliphatic carbocycles. The Hall–Kier alpha value is -1.94. The summed E-state index contributed by atoms with van der Waals surface area (Å²) in [5.74, 6) is 0.0826. The van der Waals surface area contributed by atoms with Gasteiger partial charge in [-0.1, -0.05) is 325 Å². The molecule has 0 bridgehead atoms. The van der Waals surface area contributed by atoms with Gasteiger partial charge < -0.3 is 33.8 Å². The quantitative estimate of drug-likeness (QED) is 0.0222. The van der Waals surface area contributed by atoms with Crippen LogP contribution in [0.4, 0.5) is 0 Å². The van der Waals surface area contributed by atoms with Crippen LogP contribution in [0.2, 0.25) is 0 Å². The van der Waals surface area contributed by atoms with Crippen LogP contribution in [0.3, 0.4) is 0 Å². The van der Waals surface area contributed by atoms with Crippen LogP contribution in [0.15, 0.2) is 0 Å². The van der Waals surface area contributed by atoms with Crippen molar-refractivity contribution in [3.63, 3.8) is 0 Å². The average molecular weight is 1370 g/mol. The zero-order valence-electron chi connectivity index (χ0n) is 60.7. The van der Waals surface area contributed by atoms with Gasteiger partial charge in [0.25, 0.3) is 0 Å². The summed E-state index contributed by atoms with van der Waals surface area (Å²) in [6.45, 7) is 11.8. The van der Waals surface area contributed by atoms with E-state index in [9.17, 15) is 43.2 Å². The van der Waals surface area contributed by atoms with E-state index >= 15 is 0 Å². The molecule has 93 heavy (non-hydrogen) atoms. The standard InChI is InChI=1S/C74H144O17P2/c1-8-9-10-11-12-13-14-15-16-17-18-19-24-27-35-43-50-57-73(78)90-69(61-84-71(76)55-48-41-34-26-23-21-20-22-25-31-38-45-52-65(2)3)63-88-92(80,81)86-59-68(75)60-87-93(82,83)89-64-70(62-85-72(77)56-49-42-37-30-33-40-47-54-67(6)7)91-74(79)58-51-44-36-29-28-32-39-46-53-66(4)5/h65-70,75H,8-64H2,1-7H3,(H,80,81)(H,82,83)/t68-,69-,70-/m1/s1. The zero-order valence-corrected chi connectivity index (χ0v) is 62.5. The summed E-state index contributed by atoms with van der Waals surface area (Å²) in [6, 6.07) is 0. The molecule has 0 spiro atoms. The first-order valence-electron chi connectivity index (χ1n) is 38.3. The lowest BCUT2D eigenvalue weighted by atomic mass is 10.0. The maximum atomic E-state index is 13.1. The Labute approximate surface area is 568 Å². The summed E-state index contributed by atoms with van der Waals surface area (Å²) in [6.07, 6.45) is 50.1. The Morgan fingerprint density at radius 2 is 0.495 bits per heavy atom. The molecular weight excluding hydrogens is 1220 g/mol. The van der Waals surface area contributed by atoms with Gasteiger partial charge in [0, 0.05) is 25.7 Å².